The molecule has 0 unspecified atom stereocenters. The van der Waals surface area contributed by atoms with Crippen LogP contribution in [0.4, 0.5) is 17.1 Å². The van der Waals surface area contributed by atoms with E-state index in [1.54, 1.807) is 0 Å². The van der Waals surface area contributed by atoms with Gasteiger partial charge in [0.05, 0.1) is 0 Å². The van der Waals surface area contributed by atoms with Crippen molar-refractivity contribution in [3.63, 3.8) is 0 Å². The Balaban J connectivity index is 1.23. The Hall–Kier alpha value is -6.12. The number of nitrogens with zero attached hydrogens (tertiary/aromatic N) is 1. The maximum Gasteiger partial charge on any atom is 0.143 e. The topological polar surface area (TPSA) is 16.4 Å². The van der Waals surface area contributed by atoms with Crippen LogP contribution >= 0.6 is 0 Å². The summed E-state index contributed by atoms with van der Waals surface area (Å²) in [5.74, 6) is 0. The van der Waals surface area contributed by atoms with Crippen molar-refractivity contribution in [1.29, 1.82) is 0 Å². The third-order valence-corrected chi connectivity index (χ3v) is 9.03. The van der Waals surface area contributed by atoms with Crippen molar-refractivity contribution in [2.45, 2.75) is 0 Å². The van der Waals surface area contributed by atoms with Gasteiger partial charge in [0, 0.05) is 33.2 Å². The molecule has 0 fully saturated rings. The number of rotatable bonds is 5. The lowest BCUT2D eigenvalue weighted by molar-refractivity contribution is 0.673. The highest BCUT2D eigenvalue weighted by atomic mass is 16.3. The van der Waals surface area contributed by atoms with Gasteiger partial charge in [-0.2, -0.15) is 0 Å². The van der Waals surface area contributed by atoms with Crippen LogP contribution < -0.4 is 4.90 Å². The van der Waals surface area contributed by atoms with Crippen molar-refractivity contribution >= 4 is 60.5 Å². The number of fused-ring (bicyclic) bond motifs is 7. The molecule has 0 saturated heterocycles. The lowest BCUT2D eigenvalue weighted by Crippen LogP contribution is -2.10. The fraction of sp³-hybridized carbons (Fsp3) is 0. The van der Waals surface area contributed by atoms with E-state index in [0.29, 0.717) is 0 Å². The van der Waals surface area contributed by atoms with E-state index in [9.17, 15) is 0 Å². The minimum atomic E-state index is 0.919. The van der Waals surface area contributed by atoms with Crippen LogP contribution in [0.2, 0.25) is 0 Å². The zero-order valence-corrected chi connectivity index (χ0v) is 25.1. The highest BCUT2D eigenvalue weighted by Gasteiger charge is 2.17. The largest absolute Gasteiger partial charge is 0.455 e. The van der Waals surface area contributed by atoms with Gasteiger partial charge >= 0.3 is 0 Å². The lowest BCUT2D eigenvalue weighted by Gasteiger charge is -2.27. The molecule has 1 aromatic heterocycles. The van der Waals surface area contributed by atoms with Gasteiger partial charge in [0.2, 0.25) is 0 Å². The molecule has 1 heterocycles. The predicted octanol–water partition coefficient (Wildman–Crippen LogP) is 12.7. The Morgan fingerprint density at radius 3 is 1.74 bits per heavy atom. The summed E-state index contributed by atoms with van der Waals surface area (Å²) in [6.45, 7) is 0. The standard InChI is InChI=1S/C44H29NO/c1-3-10-30(11-4-1)32-20-23-36(24-21-32)45(37-15-9-14-34(28-37)31-12-5-2-6-13-31)38-25-27-39-35(29-38)19-18-33-22-26-41-40-16-7-8-17-42(40)46-44(41)43(33)39/h1-29H. The van der Waals surface area contributed by atoms with Crippen LogP contribution in [0.3, 0.4) is 0 Å². The molecule has 0 atom stereocenters. The van der Waals surface area contributed by atoms with Crippen molar-refractivity contribution < 1.29 is 4.42 Å². The SMILES string of the molecule is c1ccc(-c2ccc(N(c3cccc(-c4ccccc4)c3)c3ccc4c(ccc5ccc6c7ccccc7oc6c54)c3)cc2)cc1. The lowest BCUT2D eigenvalue weighted by atomic mass is 9.98. The Morgan fingerprint density at radius 2 is 0.935 bits per heavy atom. The van der Waals surface area contributed by atoms with Crippen molar-refractivity contribution in [1.82, 2.24) is 0 Å². The average molecular weight is 588 g/mol. The molecule has 0 N–H and O–H groups in total. The first-order valence-electron chi connectivity index (χ1n) is 15.7. The maximum atomic E-state index is 6.48. The van der Waals surface area contributed by atoms with E-state index in [-0.39, 0.29) is 0 Å². The quantitative estimate of drug-likeness (QED) is 0.186. The van der Waals surface area contributed by atoms with Crippen molar-refractivity contribution in [3.05, 3.63) is 176 Å². The summed E-state index contributed by atoms with van der Waals surface area (Å²) in [5, 5.41) is 6.98. The van der Waals surface area contributed by atoms with Crippen LogP contribution in [0.15, 0.2) is 180 Å². The summed E-state index contributed by atoms with van der Waals surface area (Å²) in [6, 6.07) is 62.7. The summed E-state index contributed by atoms with van der Waals surface area (Å²) in [5.41, 5.74) is 9.96. The number of hydrogen-bond donors (Lipinski definition) is 0. The van der Waals surface area contributed by atoms with Gasteiger partial charge in [-0.1, -0.05) is 127 Å². The Bertz CT molecular complexity index is 2510. The Labute approximate surface area is 267 Å². The maximum absolute atomic E-state index is 6.48. The van der Waals surface area contributed by atoms with E-state index in [0.717, 1.165) is 44.4 Å². The van der Waals surface area contributed by atoms with Crippen LogP contribution in [0, 0.1) is 0 Å². The van der Waals surface area contributed by atoms with E-state index in [2.05, 4.69) is 175 Å². The molecular formula is C44H29NO. The number of furan rings is 1. The van der Waals surface area contributed by atoms with Gasteiger partial charge in [-0.25, -0.2) is 0 Å². The van der Waals surface area contributed by atoms with E-state index in [1.165, 1.54) is 38.4 Å². The molecule has 2 heteroatoms. The molecule has 9 rings (SSSR count). The van der Waals surface area contributed by atoms with E-state index in [4.69, 9.17) is 4.42 Å². The molecule has 0 amide bonds. The second-order valence-electron chi connectivity index (χ2n) is 11.8. The van der Waals surface area contributed by atoms with E-state index in [1.807, 2.05) is 6.07 Å². The molecule has 46 heavy (non-hydrogen) atoms. The van der Waals surface area contributed by atoms with Crippen LogP contribution in [0.1, 0.15) is 0 Å². The van der Waals surface area contributed by atoms with Crippen molar-refractivity contribution in [2.75, 3.05) is 4.90 Å². The predicted molar refractivity (Wildman–Crippen MR) is 194 cm³/mol. The molecule has 0 aliphatic rings. The van der Waals surface area contributed by atoms with Gasteiger partial charge < -0.3 is 9.32 Å². The number of anilines is 3. The van der Waals surface area contributed by atoms with Crippen LogP contribution in [-0.4, -0.2) is 0 Å². The first-order valence-corrected chi connectivity index (χ1v) is 15.7. The Morgan fingerprint density at radius 1 is 0.348 bits per heavy atom. The zero-order chi connectivity index (χ0) is 30.5. The molecule has 0 aliphatic carbocycles. The fourth-order valence-electron chi connectivity index (χ4n) is 6.79. The Kier molecular flexibility index (Phi) is 6.17. The van der Waals surface area contributed by atoms with Crippen molar-refractivity contribution in [3.8, 4) is 22.3 Å². The number of para-hydroxylation sites is 1. The summed E-state index contributed by atoms with van der Waals surface area (Å²) in [7, 11) is 0. The first kappa shape index (κ1) is 26.3. The smallest absolute Gasteiger partial charge is 0.143 e. The third kappa shape index (κ3) is 4.43. The van der Waals surface area contributed by atoms with Gasteiger partial charge in [0.1, 0.15) is 11.2 Å². The minimum Gasteiger partial charge on any atom is -0.455 e. The molecule has 216 valence electrons. The second kappa shape index (κ2) is 10.8. The molecule has 9 aromatic rings. The summed E-state index contributed by atoms with van der Waals surface area (Å²) in [6.07, 6.45) is 0. The van der Waals surface area contributed by atoms with E-state index >= 15 is 0 Å². The molecule has 0 aliphatic heterocycles. The highest BCUT2D eigenvalue weighted by Crippen LogP contribution is 2.42. The number of hydrogen-bond acceptors (Lipinski definition) is 2. The highest BCUT2D eigenvalue weighted by molar-refractivity contribution is 6.23. The molecule has 0 saturated carbocycles. The first-order chi connectivity index (χ1) is 22.8. The van der Waals surface area contributed by atoms with Crippen LogP contribution in [0.25, 0.3) is 65.7 Å². The summed E-state index contributed by atoms with van der Waals surface area (Å²) in [4.78, 5) is 2.35. The minimum absolute atomic E-state index is 0.919. The third-order valence-electron chi connectivity index (χ3n) is 9.03. The average Bonchev–Trinajstić information content (AvgIpc) is 3.52. The summed E-state index contributed by atoms with van der Waals surface area (Å²) >= 11 is 0. The summed E-state index contributed by atoms with van der Waals surface area (Å²) < 4.78 is 6.48. The van der Waals surface area contributed by atoms with Gasteiger partial charge in [0.15, 0.2) is 0 Å². The monoisotopic (exact) mass is 587 g/mol. The molecule has 8 aromatic carbocycles. The molecule has 0 bridgehead atoms. The van der Waals surface area contributed by atoms with E-state index < -0.39 is 0 Å². The van der Waals surface area contributed by atoms with Crippen molar-refractivity contribution in [2.24, 2.45) is 0 Å². The zero-order valence-electron chi connectivity index (χ0n) is 25.1. The molecule has 0 spiro atoms. The van der Waals surface area contributed by atoms with Gasteiger partial charge in [-0.15, -0.1) is 0 Å². The molecule has 0 radical (unpaired) electrons. The van der Waals surface area contributed by atoms with Crippen LogP contribution in [0.5, 0.6) is 0 Å². The second-order valence-corrected chi connectivity index (χ2v) is 11.8. The fourth-order valence-corrected chi connectivity index (χ4v) is 6.79. The van der Waals surface area contributed by atoms with Crippen LogP contribution in [-0.2, 0) is 0 Å². The van der Waals surface area contributed by atoms with Gasteiger partial charge in [-0.05, 0) is 86.9 Å². The molecular weight excluding hydrogens is 558 g/mol. The molecule has 2 nitrogen and oxygen atoms in total. The van der Waals surface area contributed by atoms with Gasteiger partial charge in [-0.3, -0.25) is 0 Å². The normalized spacial score (nSPS) is 11.5. The number of benzene rings is 8. The van der Waals surface area contributed by atoms with Gasteiger partial charge in [0.25, 0.3) is 0 Å².